The molecule has 14 heavy (non-hydrogen) atoms. The first-order chi connectivity index (χ1) is 6.88. The molecule has 2 rings (SSSR count). The molecule has 1 N–H and O–H groups in total. The van der Waals surface area contributed by atoms with Crippen LogP contribution in [0.4, 0.5) is 5.13 Å². The molecule has 0 fully saturated rings. The molecule has 2 heterocycles. The third kappa shape index (κ3) is 2.27. The highest BCUT2D eigenvalue weighted by Crippen LogP contribution is 2.16. The van der Waals surface area contributed by atoms with Crippen LogP contribution in [0.1, 0.15) is 17.6 Å². The maximum Gasteiger partial charge on any atom is 0.205 e. The first-order valence-electron chi connectivity index (χ1n) is 4.32. The van der Waals surface area contributed by atoms with Gasteiger partial charge in [0, 0.05) is 5.38 Å². The molecular weight excluding hydrogens is 216 g/mol. The number of aromatic nitrogens is 3. The Kier molecular flexibility index (Phi) is 3.05. The molecule has 2 aromatic heterocycles. The van der Waals surface area contributed by atoms with Gasteiger partial charge in [0.2, 0.25) is 5.13 Å². The molecule has 0 saturated carbocycles. The number of aryl methyl sites for hydroxylation is 1. The molecule has 6 heteroatoms. The van der Waals surface area contributed by atoms with E-state index in [4.69, 9.17) is 0 Å². The lowest BCUT2D eigenvalue weighted by molar-refractivity contribution is 0.970. The molecule has 0 radical (unpaired) electrons. The van der Waals surface area contributed by atoms with Gasteiger partial charge in [0.1, 0.15) is 5.01 Å². The predicted octanol–water partition coefficient (Wildman–Crippen LogP) is 2.17. The van der Waals surface area contributed by atoms with Crippen LogP contribution in [0.2, 0.25) is 0 Å². The van der Waals surface area contributed by atoms with Crippen molar-refractivity contribution < 1.29 is 0 Å². The SMILES string of the molecule is CCc1nnc(NCc2cscn2)s1. The minimum Gasteiger partial charge on any atom is -0.354 e. The summed E-state index contributed by atoms with van der Waals surface area (Å²) in [6, 6.07) is 0. The number of anilines is 1. The third-order valence-corrected chi connectivity index (χ3v) is 3.33. The van der Waals surface area contributed by atoms with E-state index in [9.17, 15) is 0 Å². The van der Waals surface area contributed by atoms with E-state index in [1.165, 1.54) is 0 Å². The number of nitrogens with zero attached hydrogens (tertiary/aromatic N) is 3. The van der Waals surface area contributed by atoms with Gasteiger partial charge in [-0.15, -0.1) is 21.5 Å². The van der Waals surface area contributed by atoms with Crippen LogP contribution < -0.4 is 5.32 Å². The molecule has 4 nitrogen and oxygen atoms in total. The second-order valence-electron chi connectivity index (χ2n) is 2.69. The second kappa shape index (κ2) is 4.47. The summed E-state index contributed by atoms with van der Waals surface area (Å²) in [4.78, 5) is 4.17. The molecule has 0 amide bonds. The van der Waals surface area contributed by atoms with E-state index in [0.29, 0.717) is 0 Å². The Morgan fingerprint density at radius 2 is 2.36 bits per heavy atom. The first kappa shape index (κ1) is 9.54. The van der Waals surface area contributed by atoms with Crippen LogP contribution in [0.25, 0.3) is 0 Å². The van der Waals surface area contributed by atoms with Crippen LogP contribution >= 0.6 is 22.7 Å². The lowest BCUT2D eigenvalue weighted by atomic mass is 10.5. The summed E-state index contributed by atoms with van der Waals surface area (Å²) in [5, 5.41) is 15.2. The summed E-state index contributed by atoms with van der Waals surface area (Å²) in [6.07, 6.45) is 0.941. The van der Waals surface area contributed by atoms with E-state index < -0.39 is 0 Å². The molecular formula is C8H10N4S2. The van der Waals surface area contributed by atoms with Crippen molar-refractivity contribution in [2.24, 2.45) is 0 Å². The smallest absolute Gasteiger partial charge is 0.205 e. The highest BCUT2D eigenvalue weighted by molar-refractivity contribution is 7.15. The molecule has 0 aliphatic carbocycles. The highest BCUT2D eigenvalue weighted by atomic mass is 32.1. The average molecular weight is 226 g/mol. The molecule has 0 aliphatic rings. The number of hydrogen-bond donors (Lipinski definition) is 1. The van der Waals surface area contributed by atoms with Gasteiger partial charge < -0.3 is 5.32 Å². The van der Waals surface area contributed by atoms with Gasteiger partial charge in [0.05, 0.1) is 17.7 Å². The minimum absolute atomic E-state index is 0.724. The number of hydrogen-bond acceptors (Lipinski definition) is 6. The fraction of sp³-hybridized carbons (Fsp3) is 0.375. The van der Waals surface area contributed by atoms with E-state index >= 15 is 0 Å². The maximum atomic E-state index is 4.17. The number of rotatable bonds is 4. The van der Waals surface area contributed by atoms with Crippen LogP contribution in [0.3, 0.4) is 0 Å². The summed E-state index contributed by atoms with van der Waals surface area (Å²) in [6.45, 7) is 2.80. The quantitative estimate of drug-likeness (QED) is 0.868. The molecule has 2 aromatic rings. The number of thiazole rings is 1. The van der Waals surface area contributed by atoms with Crippen LogP contribution in [0.15, 0.2) is 10.9 Å². The van der Waals surface area contributed by atoms with E-state index in [2.05, 4.69) is 27.4 Å². The maximum absolute atomic E-state index is 4.17. The third-order valence-electron chi connectivity index (χ3n) is 1.67. The van der Waals surface area contributed by atoms with Gasteiger partial charge in [-0.25, -0.2) is 4.98 Å². The van der Waals surface area contributed by atoms with Gasteiger partial charge in [-0.05, 0) is 6.42 Å². The lowest BCUT2D eigenvalue weighted by Crippen LogP contribution is -1.98. The standard InChI is InChI=1S/C8H10N4S2/c1-2-7-11-12-8(14-7)9-3-6-4-13-5-10-6/h4-5H,2-3H2,1H3,(H,9,12). The van der Waals surface area contributed by atoms with Crippen LogP contribution in [0.5, 0.6) is 0 Å². The predicted molar refractivity (Wildman–Crippen MR) is 58.7 cm³/mol. The zero-order valence-corrected chi connectivity index (χ0v) is 9.36. The summed E-state index contributed by atoms with van der Waals surface area (Å²) in [7, 11) is 0. The van der Waals surface area contributed by atoms with Crippen LogP contribution in [0, 0.1) is 0 Å². The van der Waals surface area contributed by atoms with E-state index in [0.717, 1.165) is 28.8 Å². The van der Waals surface area contributed by atoms with Gasteiger partial charge in [-0.1, -0.05) is 18.3 Å². The summed E-state index contributed by atoms with van der Waals surface area (Å²) in [5.74, 6) is 0. The van der Waals surface area contributed by atoms with Gasteiger partial charge in [-0.2, -0.15) is 0 Å². The Hall–Kier alpha value is -1.01. The number of nitrogens with one attached hydrogen (secondary N) is 1. The van der Waals surface area contributed by atoms with Crippen molar-refractivity contribution in [2.75, 3.05) is 5.32 Å². The zero-order chi connectivity index (χ0) is 9.80. The van der Waals surface area contributed by atoms with Crippen molar-refractivity contribution in [3.63, 3.8) is 0 Å². The molecule has 0 aromatic carbocycles. The molecule has 0 aliphatic heterocycles. The van der Waals surface area contributed by atoms with Crippen molar-refractivity contribution in [1.82, 2.24) is 15.2 Å². The Bertz CT molecular complexity index is 382. The van der Waals surface area contributed by atoms with Crippen LogP contribution in [-0.4, -0.2) is 15.2 Å². The molecule has 0 saturated heterocycles. The molecule has 74 valence electrons. The fourth-order valence-electron chi connectivity index (χ4n) is 0.959. The summed E-state index contributed by atoms with van der Waals surface area (Å²) in [5.41, 5.74) is 2.87. The highest BCUT2D eigenvalue weighted by Gasteiger charge is 2.01. The first-order valence-corrected chi connectivity index (χ1v) is 6.07. The van der Waals surface area contributed by atoms with Gasteiger partial charge in [-0.3, -0.25) is 0 Å². The monoisotopic (exact) mass is 226 g/mol. The van der Waals surface area contributed by atoms with Crippen LogP contribution in [-0.2, 0) is 13.0 Å². The molecule has 0 spiro atoms. The Labute approximate surface area is 90.0 Å². The van der Waals surface area contributed by atoms with Gasteiger partial charge in [0.25, 0.3) is 0 Å². The van der Waals surface area contributed by atoms with E-state index in [1.54, 1.807) is 22.7 Å². The normalized spacial score (nSPS) is 10.4. The van der Waals surface area contributed by atoms with E-state index in [1.807, 2.05) is 10.9 Å². The minimum atomic E-state index is 0.724. The van der Waals surface area contributed by atoms with Crippen molar-refractivity contribution in [2.45, 2.75) is 19.9 Å². The molecule has 0 unspecified atom stereocenters. The Balaban J connectivity index is 1.92. The second-order valence-corrected chi connectivity index (χ2v) is 4.47. The molecule has 0 atom stereocenters. The Morgan fingerprint density at radius 1 is 1.43 bits per heavy atom. The topological polar surface area (TPSA) is 50.7 Å². The van der Waals surface area contributed by atoms with Crippen molar-refractivity contribution in [3.8, 4) is 0 Å². The molecule has 0 bridgehead atoms. The van der Waals surface area contributed by atoms with Crippen molar-refractivity contribution in [3.05, 3.63) is 21.6 Å². The fourth-order valence-corrected chi connectivity index (χ4v) is 2.19. The zero-order valence-electron chi connectivity index (χ0n) is 7.73. The van der Waals surface area contributed by atoms with Gasteiger partial charge >= 0.3 is 0 Å². The Morgan fingerprint density at radius 3 is 3.00 bits per heavy atom. The van der Waals surface area contributed by atoms with Gasteiger partial charge in [0.15, 0.2) is 0 Å². The van der Waals surface area contributed by atoms with Crippen molar-refractivity contribution >= 4 is 27.8 Å². The largest absolute Gasteiger partial charge is 0.354 e. The van der Waals surface area contributed by atoms with Crippen molar-refractivity contribution in [1.29, 1.82) is 0 Å². The summed E-state index contributed by atoms with van der Waals surface area (Å²) >= 11 is 3.20. The summed E-state index contributed by atoms with van der Waals surface area (Å²) < 4.78 is 0. The van der Waals surface area contributed by atoms with E-state index in [-0.39, 0.29) is 0 Å². The lowest BCUT2D eigenvalue weighted by Gasteiger charge is -1.96. The average Bonchev–Trinajstić information content (AvgIpc) is 2.86.